The first kappa shape index (κ1) is 14.6. The predicted molar refractivity (Wildman–Crippen MR) is 88.0 cm³/mol. The minimum atomic E-state index is -0.505. The minimum absolute atomic E-state index is 0.0819. The third kappa shape index (κ3) is 1.97. The summed E-state index contributed by atoms with van der Waals surface area (Å²) >= 11 is 6.23. The molecule has 0 amide bonds. The summed E-state index contributed by atoms with van der Waals surface area (Å²) in [5.41, 5.74) is 2.66. The Bertz CT molecular complexity index is 638. The van der Waals surface area contributed by atoms with Crippen LogP contribution in [0.15, 0.2) is 29.3 Å². The van der Waals surface area contributed by atoms with E-state index < -0.39 is 6.10 Å². The monoisotopic (exact) mass is 318 g/mol. The molecule has 2 N–H and O–H groups in total. The van der Waals surface area contributed by atoms with Crippen LogP contribution >= 0.6 is 11.6 Å². The highest BCUT2D eigenvalue weighted by Crippen LogP contribution is 2.59. The Kier molecular flexibility index (Phi) is 3.32. The smallest absolute Gasteiger partial charge is 0.115 e. The molecule has 2 nitrogen and oxygen atoms in total. The second-order valence-electron chi connectivity index (χ2n) is 7.57. The molecule has 1 saturated carbocycles. The number of allylic oxidation sites excluding steroid dienone is 1. The molecule has 0 aliphatic heterocycles. The Morgan fingerprint density at radius 2 is 2.09 bits per heavy atom. The highest BCUT2D eigenvalue weighted by molar-refractivity contribution is 6.30. The number of hydrogen-bond donors (Lipinski definition) is 2. The zero-order chi connectivity index (χ0) is 15.5. The van der Waals surface area contributed by atoms with Gasteiger partial charge in [-0.2, -0.15) is 0 Å². The van der Waals surface area contributed by atoms with Crippen molar-refractivity contribution in [3.05, 3.63) is 40.4 Å². The van der Waals surface area contributed by atoms with Gasteiger partial charge in [0.2, 0.25) is 0 Å². The standard InChI is InChI=1S/C19H23ClO2/c1-19-9-8-14-13-5-3-12(21)10-11(13)2-4-15(14)16(19)6-7-17(20)18(19)22/h3,5,7,10,14-16,18,21-22H,2,4,6,8-9H2,1H3/t14-,15-,16+,18+,19+/m1/s1. The molecule has 0 aromatic heterocycles. The van der Waals surface area contributed by atoms with Crippen LogP contribution in [0.2, 0.25) is 0 Å². The molecule has 1 fully saturated rings. The van der Waals surface area contributed by atoms with E-state index >= 15 is 0 Å². The summed E-state index contributed by atoms with van der Waals surface area (Å²) in [4.78, 5) is 0. The average molecular weight is 319 g/mol. The summed E-state index contributed by atoms with van der Waals surface area (Å²) in [6.07, 6.45) is 6.83. The van der Waals surface area contributed by atoms with Crippen LogP contribution < -0.4 is 0 Å². The van der Waals surface area contributed by atoms with Crippen molar-refractivity contribution in [1.29, 1.82) is 0 Å². The van der Waals surface area contributed by atoms with Crippen molar-refractivity contribution in [2.24, 2.45) is 17.3 Å². The second-order valence-corrected chi connectivity index (χ2v) is 8.01. The van der Waals surface area contributed by atoms with Gasteiger partial charge in [0.05, 0.1) is 6.10 Å². The van der Waals surface area contributed by atoms with Crippen LogP contribution in [0.25, 0.3) is 0 Å². The number of aliphatic hydroxyl groups excluding tert-OH is 1. The number of benzene rings is 1. The summed E-state index contributed by atoms with van der Waals surface area (Å²) in [5.74, 6) is 2.07. The molecule has 0 radical (unpaired) electrons. The number of halogens is 1. The third-order valence-electron chi connectivity index (χ3n) is 6.60. The van der Waals surface area contributed by atoms with Crippen LogP contribution in [0.3, 0.4) is 0 Å². The van der Waals surface area contributed by atoms with Crippen LogP contribution in [0, 0.1) is 17.3 Å². The molecule has 0 bridgehead atoms. The van der Waals surface area contributed by atoms with Gasteiger partial charge in [-0.05, 0) is 73.1 Å². The maximum atomic E-state index is 10.6. The van der Waals surface area contributed by atoms with Crippen LogP contribution in [-0.4, -0.2) is 16.3 Å². The number of hydrogen-bond acceptors (Lipinski definition) is 2. The fraction of sp³-hybridized carbons (Fsp3) is 0.579. The van der Waals surface area contributed by atoms with Crippen molar-refractivity contribution in [3.8, 4) is 5.75 Å². The summed E-state index contributed by atoms with van der Waals surface area (Å²) in [7, 11) is 0. The van der Waals surface area contributed by atoms with Gasteiger partial charge in [0.25, 0.3) is 0 Å². The zero-order valence-electron chi connectivity index (χ0n) is 12.9. The van der Waals surface area contributed by atoms with Crippen LogP contribution in [-0.2, 0) is 6.42 Å². The van der Waals surface area contributed by atoms with E-state index in [2.05, 4.69) is 13.0 Å². The molecule has 3 aliphatic rings. The number of aliphatic hydroxyl groups is 1. The molecule has 22 heavy (non-hydrogen) atoms. The molecule has 5 atom stereocenters. The molecular weight excluding hydrogens is 296 g/mol. The Hall–Kier alpha value is -0.990. The first-order valence-corrected chi connectivity index (χ1v) is 8.74. The largest absolute Gasteiger partial charge is 0.508 e. The van der Waals surface area contributed by atoms with Gasteiger partial charge in [-0.1, -0.05) is 30.7 Å². The predicted octanol–water partition coefficient (Wildman–Crippen LogP) is 4.34. The first-order chi connectivity index (χ1) is 10.5. The molecule has 1 aromatic carbocycles. The lowest BCUT2D eigenvalue weighted by atomic mass is 9.51. The normalized spacial score (nSPS) is 40.2. The van der Waals surface area contributed by atoms with E-state index in [-0.39, 0.29) is 5.41 Å². The van der Waals surface area contributed by atoms with E-state index in [9.17, 15) is 10.2 Å². The van der Waals surface area contributed by atoms with E-state index in [0.717, 1.165) is 32.1 Å². The van der Waals surface area contributed by atoms with Gasteiger partial charge in [0.1, 0.15) is 5.75 Å². The second kappa shape index (κ2) is 5.01. The van der Waals surface area contributed by atoms with Gasteiger partial charge in [-0.3, -0.25) is 0 Å². The van der Waals surface area contributed by atoms with E-state index in [0.29, 0.717) is 28.5 Å². The Labute approximate surface area is 136 Å². The number of rotatable bonds is 0. The average Bonchev–Trinajstić information content (AvgIpc) is 2.51. The quantitative estimate of drug-likeness (QED) is 0.747. The number of fused-ring (bicyclic) bond motifs is 5. The minimum Gasteiger partial charge on any atom is -0.508 e. The topological polar surface area (TPSA) is 40.5 Å². The molecule has 3 aliphatic carbocycles. The highest BCUT2D eigenvalue weighted by atomic mass is 35.5. The fourth-order valence-electron chi connectivity index (χ4n) is 5.37. The van der Waals surface area contributed by atoms with Gasteiger partial charge in [0.15, 0.2) is 0 Å². The maximum Gasteiger partial charge on any atom is 0.115 e. The lowest BCUT2D eigenvalue weighted by molar-refractivity contribution is -0.0549. The van der Waals surface area contributed by atoms with E-state index in [1.165, 1.54) is 11.1 Å². The molecule has 1 aromatic rings. The lowest BCUT2D eigenvalue weighted by Crippen LogP contribution is -2.50. The van der Waals surface area contributed by atoms with E-state index in [1.807, 2.05) is 18.2 Å². The SMILES string of the molecule is C[C@]12CC[C@@H]3c4ccc(O)cc4CC[C@H]3[C@@H]1CC=C(Cl)[C@@H]2O. The van der Waals surface area contributed by atoms with Crippen LogP contribution in [0.5, 0.6) is 5.75 Å². The van der Waals surface area contributed by atoms with Crippen molar-refractivity contribution in [2.45, 2.75) is 51.0 Å². The molecule has 118 valence electrons. The van der Waals surface area contributed by atoms with Gasteiger partial charge >= 0.3 is 0 Å². The van der Waals surface area contributed by atoms with Gasteiger partial charge in [0, 0.05) is 10.4 Å². The molecule has 3 heteroatoms. The van der Waals surface area contributed by atoms with Crippen molar-refractivity contribution in [2.75, 3.05) is 0 Å². The molecule has 0 heterocycles. The van der Waals surface area contributed by atoms with Crippen molar-refractivity contribution < 1.29 is 10.2 Å². The van der Waals surface area contributed by atoms with E-state index in [1.54, 1.807) is 0 Å². The van der Waals surface area contributed by atoms with Crippen molar-refractivity contribution >= 4 is 11.6 Å². The van der Waals surface area contributed by atoms with Gasteiger partial charge < -0.3 is 10.2 Å². The molecule has 0 unspecified atom stereocenters. The number of phenols is 1. The highest BCUT2D eigenvalue weighted by Gasteiger charge is 2.53. The lowest BCUT2D eigenvalue weighted by Gasteiger charge is -2.55. The van der Waals surface area contributed by atoms with E-state index in [4.69, 9.17) is 11.6 Å². The summed E-state index contributed by atoms with van der Waals surface area (Å²) in [5, 5.41) is 21.0. The number of aryl methyl sites for hydroxylation is 1. The summed E-state index contributed by atoms with van der Waals surface area (Å²) in [6.45, 7) is 2.22. The van der Waals surface area contributed by atoms with Crippen LogP contribution in [0.4, 0.5) is 0 Å². The molecule has 4 rings (SSSR count). The van der Waals surface area contributed by atoms with Crippen molar-refractivity contribution in [3.63, 3.8) is 0 Å². The van der Waals surface area contributed by atoms with Crippen LogP contribution in [0.1, 0.15) is 49.7 Å². The molecule has 0 saturated heterocycles. The van der Waals surface area contributed by atoms with Crippen molar-refractivity contribution in [1.82, 2.24) is 0 Å². The molecule has 0 spiro atoms. The Morgan fingerprint density at radius 1 is 1.27 bits per heavy atom. The maximum absolute atomic E-state index is 10.6. The van der Waals surface area contributed by atoms with Gasteiger partial charge in [-0.15, -0.1) is 0 Å². The summed E-state index contributed by atoms with van der Waals surface area (Å²) in [6, 6.07) is 5.87. The van der Waals surface area contributed by atoms with Gasteiger partial charge in [-0.25, -0.2) is 0 Å². The Morgan fingerprint density at radius 3 is 2.91 bits per heavy atom. The molecular formula is C19H23ClO2. The summed E-state index contributed by atoms with van der Waals surface area (Å²) < 4.78 is 0. The Balaban J connectivity index is 1.72. The third-order valence-corrected chi connectivity index (χ3v) is 6.96. The number of aromatic hydroxyl groups is 1. The first-order valence-electron chi connectivity index (χ1n) is 8.36. The zero-order valence-corrected chi connectivity index (χ0v) is 13.7. The number of phenolic OH excluding ortho intramolecular Hbond substituents is 1. The fourth-order valence-corrected chi connectivity index (χ4v) is 5.70.